The third-order valence-corrected chi connectivity index (χ3v) is 2.98. The van der Waals surface area contributed by atoms with Gasteiger partial charge in [0.15, 0.2) is 0 Å². The molecule has 3 heteroatoms. The molecule has 0 aliphatic carbocycles. The van der Waals surface area contributed by atoms with Gasteiger partial charge in [-0.3, -0.25) is 0 Å². The molecule has 0 aromatic heterocycles. The maximum absolute atomic E-state index is 13.5. The van der Waals surface area contributed by atoms with E-state index >= 15 is 0 Å². The third-order valence-electron chi connectivity index (χ3n) is 2.98. The van der Waals surface area contributed by atoms with Gasteiger partial charge in [-0.2, -0.15) is 0 Å². The van der Waals surface area contributed by atoms with Gasteiger partial charge in [0.1, 0.15) is 5.82 Å². The van der Waals surface area contributed by atoms with E-state index in [1.54, 1.807) is 6.07 Å². The average molecular weight is 244 g/mol. The van der Waals surface area contributed by atoms with Crippen molar-refractivity contribution in [1.82, 2.24) is 0 Å². The van der Waals surface area contributed by atoms with Crippen molar-refractivity contribution >= 4 is 17.1 Å². The highest BCUT2D eigenvalue weighted by Crippen LogP contribution is 2.30. The molecule has 0 aliphatic heterocycles. The number of aryl methyl sites for hydroxylation is 2. The van der Waals surface area contributed by atoms with Crippen molar-refractivity contribution in [3.63, 3.8) is 0 Å². The molecule has 0 saturated heterocycles. The molecule has 18 heavy (non-hydrogen) atoms. The van der Waals surface area contributed by atoms with Crippen molar-refractivity contribution in [3.8, 4) is 0 Å². The van der Waals surface area contributed by atoms with Crippen LogP contribution in [0.2, 0.25) is 0 Å². The molecule has 0 bridgehead atoms. The number of rotatable bonds is 3. The lowest BCUT2D eigenvalue weighted by Gasteiger charge is -2.14. The second-order valence-corrected chi connectivity index (χ2v) is 4.34. The van der Waals surface area contributed by atoms with Crippen LogP contribution in [0.5, 0.6) is 0 Å². The minimum absolute atomic E-state index is 0.176. The molecule has 0 heterocycles. The molecule has 2 nitrogen and oxygen atoms in total. The monoisotopic (exact) mass is 244 g/mol. The van der Waals surface area contributed by atoms with Crippen LogP contribution >= 0.6 is 0 Å². The summed E-state index contributed by atoms with van der Waals surface area (Å²) in [6, 6.07) is 11.1. The normalized spacial score (nSPS) is 10.4. The lowest BCUT2D eigenvalue weighted by molar-refractivity contribution is 0.632. The minimum atomic E-state index is -0.387. The molecule has 0 saturated carbocycles. The van der Waals surface area contributed by atoms with Crippen LogP contribution in [0.3, 0.4) is 0 Å². The number of nitrogens with two attached hydrogens (primary N) is 1. The van der Waals surface area contributed by atoms with Crippen molar-refractivity contribution in [2.45, 2.75) is 20.3 Å². The maximum atomic E-state index is 13.5. The van der Waals surface area contributed by atoms with E-state index < -0.39 is 0 Å². The number of nitrogen functional groups attached to an aromatic ring is 1. The first kappa shape index (κ1) is 12.4. The molecule has 0 atom stereocenters. The topological polar surface area (TPSA) is 38.0 Å². The second kappa shape index (κ2) is 5.08. The van der Waals surface area contributed by atoms with Gasteiger partial charge in [-0.05, 0) is 37.1 Å². The zero-order valence-corrected chi connectivity index (χ0v) is 10.6. The molecule has 94 valence electrons. The van der Waals surface area contributed by atoms with Crippen molar-refractivity contribution in [2.24, 2.45) is 0 Å². The first-order valence-corrected chi connectivity index (χ1v) is 6.02. The highest BCUT2D eigenvalue weighted by molar-refractivity contribution is 5.76. The number of nitrogens with one attached hydrogen (secondary N) is 1. The maximum Gasteiger partial charge on any atom is 0.148 e. The smallest absolute Gasteiger partial charge is 0.148 e. The van der Waals surface area contributed by atoms with E-state index in [9.17, 15) is 4.39 Å². The summed E-state index contributed by atoms with van der Waals surface area (Å²) in [6.45, 7) is 4.05. The van der Waals surface area contributed by atoms with Crippen molar-refractivity contribution in [3.05, 3.63) is 53.3 Å². The Balaban J connectivity index is 2.38. The second-order valence-electron chi connectivity index (χ2n) is 4.34. The molecule has 0 amide bonds. The third kappa shape index (κ3) is 2.45. The van der Waals surface area contributed by atoms with E-state index in [1.807, 2.05) is 38.1 Å². The van der Waals surface area contributed by atoms with E-state index in [0.29, 0.717) is 5.69 Å². The summed E-state index contributed by atoms with van der Waals surface area (Å²) in [4.78, 5) is 0. The van der Waals surface area contributed by atoms with Crippen molar-refractivity contribution < 1.29 is 4.39 Å². The van der Waals surface area contributed by atoms with Crippen LogP contribution in [0.25, 0.3) is 0 Å². The number of hydrogen-bond acceptors (Lipinski definition) is 2. The van der Waals surface area contributed by atoms with Crippen molar-refractivity contribution in [1.29, 1.82) is 0 Å². The Hall–Kier alpha value is -2.03. The Kier molecular flexibility index (Phi) is 3.51. The van der Waals surface area contributed by atoms with Gasteiger partial charge in [0.05, 0.1) is 11.4 Å². The van der Waals surface area contributed by atoms with Crippen LogP contribution in [0, 0.1) is 12.7 Å². The minimum Gasteiger partial charge on any atom is -0.395 e. The molecule has 2 aromatic rings. The Bertz CT molecular complexity index is 547. The highest BCUT2D eigenvalue weighted by atomic mass is 19.1. The Labute approximate surface area is 107 Å². The first-order valence-electron chi connectivity index (χ1n) is 6.02. The summed E-state index contributed by atoms with van der Waals surface area (Å²) >= 11 is 0. The van der Waals surface area contributed by atoms with Crippen LogP contribution < -0.4 is 11.1 Å². The Morgan fingerprint density at radius 1 is 1.11 bits per heavy atom. The first-order chi connectivity index (χ1) is 8.61. The molecular formula is C15H17FN2. The molecule has 0 fully saturated rings. The Morgan fingerprint density at radius 3 is 2.39 bits per heavy atom. The highest BCUT2D eigenvalue weighted by Gasteiger charge is 2.09. The lowest BCUT2D eigenvalue weighted by atomic mass is 10.1. The molecular weight excluding hydrogens is 227 g/mol. The SMILES string of the molecule is CCc1ccc(F)c(N)c1Nc1ccc(C)cc1. The van der Waals surface area contributed by atoms with E-state index in [1.165, 1.54) is 11.6 Å². The van der Waals surface area contributed by atoms with Gasteiger partial charge in [-0.15, -0.1) is 0 Å². The molecule has 0 unspecified atom stereocenters. The largest absolute Gasteiger partial charge is 0.395 e. The van der Waals surface area contributed by atoms with E-state index in [4.69, 9.17) is 5.73 Å². The predicted octanol–water partition coefficient (Wildman–Crippen LogP) is 4.02. The molecule has 2 aromatic carbocycles. The van der Waals surface area contributed by atoms with Crippen LogP contribution in [0.4, 0.5) is 21.5 Å². The zero-order chi connectivity index (χ0) is 13.1. The van der Waals surface area contributed by atoms with E-state index in [0.717, 1.165) is 17.7 Å². The summed E-state index contributed by atoms with van der Waals surface area (Å²) < 4.78 is 13.5. The Morgan fingerprint density at radius 2 is 1.78 bits per heavy atom. The average Bonchev–Trinajstić information content (AvgIpc) is 2.38. The van der Waals surface area contributed by atoms with Crippen LogP contribution in [0.1, 0.15) is 18.1 Å². The van der Waals surface area contributed by atoms with Gasteiger partial charge < -0.3 is 11.1 Å². The predicted molar refractivity (Wildman–Crippen MR) is 74.7 cm³/mol. The van der Waals surface area contributed by atoms with Gasteiger partial charge in [0, 0.05) is 5.69 Å². The van der Waals surface area contributed by atoms with Crippen LogP contribution in [-0.2, 0) is 6.42 Å². The fraction of sp³-hybridized carbons (Fsp3) is 0.200. The number of halogens is 1. The number of anilines is 3. The van der Waals surface area contributed by atoms with Gasteiger partial charge in [-0.1, -0.05) is 30.7 Å². The lowest BCUT2D eigenvalue weighted by Crippen LogP contribution is -2.02. The van der Waals surface area contributed by atoms with Gasteiger partial charge in [-0.25, -0.2) is 4.39 Å². The summed E-state index contributed by atoms with van der Waals surface area (Å²) in [5, 5.41) is 3.19. The van der Waals surface area contributed by atoms with Crippen LogP contribution in [-0.4, -0.2) is 0 Å². The fourth-order valence-electron chi connectivity index (χ4n) is 1.86. The van der Waals surface area contributed by atoms with E-state index in [2.05, 4.69) is 5.32 Å². The molecule has 3 N–H and O–H groups in total. The summed E-state index contributed by atoms with van der Waals surface area (Å²) in [6.07, 6.45) is 0.804. The molecule has 0 spiro atoms. The standard InChI is InChI=1S/C15H17FN2/c1-3-11-6-9-13(16)14(17)15(11)18-12-7-4-10(2)5-8-12/h4-9,18H,3,17H2,1-2H3. The molecule has 0 radical (unpaired) electrons. The zero-order valence-electron chi connectivity index (χ0n) is 10.6. The quantitative estimate of drug-likeness (QED) is 0.800. The van der Waals surface area contributed by atoms with Crippen LogP contribution in [0.15, 0.2) is 36.4 Å². The summed E-state index contributed by atoms with van der Waals surface area (Å²) in [5.74, 6) is -0.387. The number of hydrogen-bond donors (Lipinski definition) is 2. The summed E-state index contributed by atoms with van der Waals surface area (Å²) in [5.41, 5.74) is 9.75. The van der Waals surface area contributed by atoms with Gasteiger partial charge in [0.2, 0.25) is 0 Å². The van der Waals surface area contributed by atoms with Gasteiger partial charge in [0.25, 0.3) is 0 Å². The van der Waals surface area contributed by atoms with Crippen molar-refractivity contribution in [2.75, 3.05) is 11.1 Å². The van der Waals surface area contributed by atoms with Gasteiger partial charge >= 0.3 is 0 Å². The molecule has 2 rings (SSSR count). The number of benzene rings is 2. The molecule has 0 aliphatic rings. The fourth-order valence-corrected chi connectivity index (χ4v) is 1.86. The van der Waals surface area contributed by atoms with E-state index in [-0.39, 0.29) is 11.5 Å². The summed E-state index contributed by atoms with van der Waals surface area (Å²) in [7, 11) is 0.